The van der Waals surface area contributed by atoms with Gasteiger partial charge in [-0.15, -0.1) is 0 Å². The van der Waals surface area contributed by atoms with Gasteiger partial charge < -0.3 is 14.4 Å². The summed E-state index contributed by atoms with van der Waals surface area (Å²) in [5.74, 6) is 1.59. The Balaban J connectivity index is 1.66. The van der Waals surface area contributed by atoms with Crippen molar-refractivity contribution in [1.29, 1.82) is 0 Å². The molecule has 1 aromatic carbocycles. The highest BCUT2D eigenvalue weighted by atomic mass is 16.2. The quantitative estimate of drug-likeness (QED) is 0.812. The van der Waals surface area contributed by atoms with Crippen molar-refractivity contribution in [3.63, 3.8) is 0 Å². The van der Waals surface area contributed by atoms with Gasteiger partial charge in [0.1, 0.15) is 5.82 Å². The van der Waals surface area contributed by atoms with Crippen molar-refractivity contribution in [3.05, 3.63) is 54.1 Å². The Hall–Kier alpha value is -2.14. The van der Waals surface area contributed by atoms with Crippen LogP contribution in [-0.2, 0) is 6.54 Å². The first-order chi connectivity index (χ1) is 12.1. The lowest BCUT2D eigenvalue weighted by molar-refractivity contribution is 0.0703. The van der Waals surface area contributed by atoms with Crippen molar-refractivity contribution >= 4 is 5.91 Å². The molecule has 0 bridgehead atoms. The van der Waals surface area contributed by atoms with Crippen LogP contribution in [-0.4, -0.2) is 59.0 Å². The maximum absolute atomic E-state index is 12.7. The molecule has 0 radical (unpaired) electrons. The van der Waals surface area contributed by atoms with Gasteiger partial charge in [-0.25, -0.2) is 4.98 Å². The highest BCUT2D eigenvalue weighted by Gasteiger charge is 2.27. The standard InChI is InChI=1S/C20H28N4O/c1-22(2)12-7-14-23-15-11-21-19(23)18-10-6-13-24(16-18)20(25)17-8-4-3-5-9-17/h3-5,8-9,11,15,18H,6-7,10,12-14,16H2,1-2H3/t18-/m1/s1. The average Bonchev–Trinajstić information content (AvgIpc) is 3.10. The molecular formula is C20H28N4O. The van der Waals surface area contributed by atoms with Crippen LogP contribution in [0.4, 0.5) is 0 Å². The van der Waals surface area contributed by atoms with Gasteiger partial charge in [0.05, 0.1) is 0 Å². The van der Waals surface area contributed by atoms with Crippen LogP contribution in [0.2, 0.25) is 0 Å². The molecule has 1 fully saturated rings. The normalized spacial score (nSPS) is 17.9. The highest BCUT2D eigenvalue weighted by Crippen LogP contribution is 2.27. The van der Waals surface area contributed by atoms with E-state index in [1.165, 1.54) is 0 Å². The number of benzene rings is 1. The molecule has 5 nitrogen and oxygen atoms in total. The van der Waals surface area contributed by atoms with Crippen LogP contribution in [0.5, 0.6) is 0 Å². The molecule has 0 unspecified atom stereocenters. The van der Waals surface area contributed by atoms with Crippen LogP contribution >= 0.6 is 0 Å². The van der Waals surface area contributed by atoms with Crippen molar-refractivity contribution < 1.29 is 4.79 Å². The molecule has 2 heterocycles. The fourth-order valence-corrected chi connectivity index (χ4v) is 3.56. The zero-order valence-corrected chi connectivity index (χ0v) is 15.3. The number of hydrogen-bond acceptors (Lipinski definition) is 3. The predicted octanol–water partition coefficient (Wildman–Crippen LogP) is 2.85. The van der Waals surface area contributed by atoms with Crippen LogP contribution in [0.3, 0.4) is 0 Å². The number of rotatable bonds is 6. The third-order valence-electron chi connectivity index (χ3n) is 4.85. The minimum atomic E-state index is 0.135. The molecule has 134 valence electrons. The first-order valence-electron chi connectivity index (χ1n) is 9.15. The van der Waals surface area contributed by atoms with E-state index in [-0.39, 0.29) is 5.91 Å². The third-order valence-corrected chi connectivity index (χ3v) is 4.85. The molecule has 0 N–H and O–H groups in total. The lowest BCUT2D eigenvalue weighted by Gasteiger charge is -2.33. The van der Waals surface area contributed by atoms with Gasteiger partial charge in [0.15, 0.2) is 0 Å². The Morgan fingerprint density at radius 1 is 1.28 bits per heavy atom. The topological polar surface area (TPSA) is 41.4 Å². The van der Waals surface area contributed by atoms with Gasteiger partial charge in [-0.3, -0.25) is 4.79 Å². The van der Waals surface area contributed by atoms with Crippen molar-refractivity contribution in [2.24, 2.45) is 0 Å². The second-order valence-electron chi connectivity index (χ2n) is 7.09. The van der Waals surface area contributed by atoms with Crippen LogP contribution in [0.15, 0.2) is 42.7 Å². The van der Waals surface area contributed by atoms with Gasteiger partial charge in [0.25, 0.3) is 5.91 Å². The van der Waals surface area contributed by atoms with Crippen LogP contribution in [0, 0.1) is 0 Å². The zero-order chi connectivity index (χ0) is 17.6. The number of nitrogens with zero attached hydrogens (tertiary/aromatic N) is 4. The molecule has 0 saturated carbocycles. The molecular weight excluding hydrogens is 312 g/mol. The Labute approximate surface area is 150 Å². The maximum Gasteiger partial charge on any atom is 0.253 e. The van der Waals surface area contributed by atoms with Gasteiger partial charge in [-0.1, -0.05) is 18.2 Å². The van der Waals surface area contributed by atoms with Crippen LogP contribution in [0.1, 0.15) is 41.4 Å². The summed E-state index contributed by atoms with van der Waals surface area (Å²) in [6, 6.07) is 9.58. The molecule has 25 heavy (non-hydrogen) atoms. The van der Waals surface area contributed by atoms with E-state index >= 15 is 0 Å². The fourth-order valence-electron chi connectivity index (χ4n) is 3.56. The van der Waals surface area contributed by atoms with E-state index in [2.05, 4.69) is 34.7 Å². The zero-order valence-electron chi connectivity index (χ0n) is 15.3. The second-order valence-corrected chi connectivity index (χ2v) is 7.09. The largest absolute Gasteiger partial charge is 0.338 e. The summed E-state index contributed by atoms with van der Waals surface area (Å²) < 4.78 is 2.27. The molecule has 0 aliphatic carbocycles. The molecule has 1 amide bonds. The van der Waals surface area contributed by atoms with Crippen molar-refractivity contribution in [2.45, 2.75) is 31.7 Å². The molecule has 0 spiro atoms. The molecule has 1 aliphatic rings. The van der Waals surface area contributed by atoms with E-state index in [1.807, 2.05) is 41.4 Å². The first kappa shape index (κ1) is 17.7. The van der Waals surface area contributed by atoms with Gasteiger partial charge in [0.2, 0.25) is 0 Å². The Morgan fingerprint density at radius 3 is 2.84 bits per heavy atom. The minimum Gasteiger partial charge on any atom is -0.338 e. The number of carbonyl (C=O) groups excluding carboxylic acids is 1. The van der Waals surface area contributed by atoms with Crippen molar-refractivity contribution in [1.82, 2.24) is 19.4 Å². The monoisotopic (exact) mass is 340 g/mol. The molecule has 1 saturated heterocycles. The number of piperidine rings is 1. The average molecular weight is 340 g/mol. The number of likely N-dealkylation sites (tertiary alicyclic amines) is 1. The SMILES string of the molecule is CN(C)CCCn1ccnc1[C@@H]1CCCN(C(=O)c2ccccc2)C1. The third kappa shape index (κ3) is 4.48. The summed E-state index contributed by atoms with van der Waals surface area (Å²) >= 11 is 0. The van der Waals surface area contributed by atoms with Gasteiger partial charge >= 0.3 is 0 Å². The summed E-state index contributed by atoms with van der Waals surface area (Å²) in [5.41, 5.74) is 0.775. The second kappa shape index (κ2) is 8.30. The number of aromatic nitrogens is 2. The predicted molar refractivity (Wildman–Crippen MR) is 99.7 cm³/mol. The lowest BCUT2D eigenvalue weighted by atomic mass is 9.96. The van der Waals surface area contributed by atoms with Gasteiger partial charge in [-0.2, -0.15) is 0 Å². The van der Waals surface area contributed by atoms with E-state index < -0.39 is 0 Å². The van der Waals surface area contributed by atoms with E-state index in [9.17, 15) is 4.79 Å². The maximum atomic E-state index is 12.7. The van der Waals surface area contributed by atoms with Crippen molar-refractivity contribution in [3.8, 4) is 0 Å². The molecule has 2 aromatic rings. The summed E-state index contributed by atoms with van der Waals surface area (Å²) in [6.45, 7) is 3.65. The molecule has 1 aromatic heterocycles. The summed E-state index contributed by atoms with van der Waals surface area (Å²) in [7, 11) is 4.20. The summed E-state index contributed by atoms with van der Waals surface area (Å²) in [5, 5.41) is 0. The first-order valence-corrected chi connectivity index (χ1v) is 9.15. The van der Waals surface area contributed by atoms with E-state index in [4.69, 9.17) is 0 Å². The van der Waals surface area contributed by atoms with E-state index in [1.54, 1.807) is 0 Å². The number of aryl methyl sites for hydroxylation is 1. The van der Waals surface area contributed by atoms with Crippen LogP contribution in [0.25, 0.3) is 0 Å². The number of hydrogen-bond donors (Lipinski definition) is 0. The molecule has 3 rings (SSSR count). The Kier molecular flexibility index (Phi) is 5.87. The number of imidazole rings is 1. The van der Waals surface area contributed by atoms with Crippen molar-refractivity contribution in [2.75, 3.05) is 33.7 Å². The van der Waals surface area contributed by atoms with Gasteiger partial charge in [0, 0.05) is 43.5 Å². The van der Waals surface area contributed by atoms with Crippen LogP contribution < -0.4 is 0 Å². The van der Waals surface area contributed by atoms with Gasteiger partial charge in [-0.05, 0) is 52.0 Å². The number of amides is 1. The molecule has 1 aliphatic heterocycles. The Bertz CT molecular complexity index is 680. The molecule has 1 atom stereocenters. The lowest BCUT2D eigenvalue weighted by Crippen LogP contribution is -2.39. The minimum absolute atomic E-state index is 0.135. The molecule has 5 heteroatoms. The smallest absolute Gasteiger partial charge is 0.253 e. The summed E-state index contributed by atoms with van der Waals surface area (Å²) in [6.07, 6.45) is 7.21. The van der Waals surface area contributed by atoms with E-state index in [0.717, 1.165) is 56.8 Å². The van der Waals surface area contributed by atoms with E-state index in [0.29, 0.717) is 5.92 Å². The number of carbonyl (C=O) groups is 1. The highest BCUT2D eigenvalue weighted by molar-refractivity contribution is 5.94. The fraction of sp³-hybridized carbons (Fsp3) is 0.500. The summed E-state index contributed by atoms with van der Waals surface area (Å²) in [4.78, 5) is 21.5. The Morgan fingerprint density at radius 2 is 2.08 bits per heavy atom.